The third kappa shape index (κ3) is 3.76. The summed E-state index contributed by atoms with van der Waals surface area (Å²) >= 11 is 0. The summed E-state index contributed by atoms with van der Waals surface area (Å²) in [7, 11) is -4.06. The Bertz CT molecular complexity index is 731. The van der Waals surface area contributed by atoms with Crippen molar-refractivity contribution in [3.05, 3.63) is 42.2 Å². The zero-order valence-corrected chi connectivity index (χ0v) is 11.6. The molecule has 0 radical (unpaired) electrons. The average molecular weight is 317 g/mol. The average Bonchev–Trinajstić information content (AvgIpc) is 2.90. The second-order valence-corrected chi connectivity index (χ2v) is 5.93. The Hall–Kier alpha value is -2.00. The van der Waals surface area contributed by atoms with E-state index in [0.717, 1.165) is 24.4 Å². The van der Waals surface area contributed by atoms with Gasteiger partial charge in [0.1, 0.15) is 16.5 Å². The molecule has 0 aliphatic carbocycles. The maximum atomic E-state index is 13.4. The minimum absolute atomic E-state index is 0.0469. The lowest BCUT2D eigenvalue weighted by Crippen LogP contribution is -2.13. The fourth-order valence-corrected chi connectivity index (χ4v) is 2.63. The molecule has 2 rings (SSSR count). The van der Waals surface area contributed by atoms with Crippen molar-refractivity contribution in [2.75, 3.05) is 11.3 Å². The van der Waals surface area contributed by atoms with Gasteiger partial charge in [0, 0.05) is 25.4 Å². The van der Waals surface area contributed by atoms with Crippen LogP contribution >= 0.6 is 0 Å². The number of hydrogen-bond donors (Lipinski definition) is 2. The first kappa shape index (κ1) is 15.4. The predicted octanol–water partition coefficient (Wildman–Crippen LogP) is 1.34. The molecular formula is C12H13F2N3O3S. The fraction of sp³-hybridized carbons (Fsp3) is 0.250. The molecule has 0 bridgehead atoms. The van der Waals surface area contributed by atoms with Crippen LogP contribution in [0, 0.1) is 11.6 Å². The summed E-state index contributed by atoms with van der Waals surface area (Å²) in [6.45, 7) is 0.301. The van der Waals surface area contributed by atoms with Gasteiger partial charge in [-0.15, -0.1) is 0 Å². The van der Waals surface area contributed by atoms with Crippen molar-refractivity contribution < 1.29 is 22.3 Å². The van der Waals surface area contributed by atoms with Gasteiger partial charge >= 0.3 is 0 Å². The van der Waals surface area contributed by atoms with E-state index in [4.69, 9.17) is 5.11 Å². The van der Waals surface area contributed by atoms with Gasteiger partial charge in [-0.2, -0.15) is 5.10 Å². The van der Waals surface area contributed by atoms with Crippen LogP contribution in [0.4, 0.5) is 14.5 Å². The standard InChI is InChI=1S/C12H13F2N3O3S/c13-9-2-3-11(14)12(6-9)16-21(19,20)10-7-15-17(8-10)4-1-5-18/h2-3,6-8,16,18H,1,4-5H2. The molecule has 1 heterocycles. The summed E-state index contributed by atoms with van der Waals surface area (Å²) in [5, 5.41) is 12.5. The molecule has 6 nitrogen and oxygen atoms in total. The number of aryl methyl sites for hydroxylation is 1. The molecule has 0 unspecified atom stereocenters. The lowest BCUT2D eigenvalue weighted by Gasteiger charge is -2.07. The van der Waals surface area contributed by atoms with Gasteiger partial charge in [-0.25, -0.2) is 17.2 Å². The monoisotopic (exact) mass is 317 g/mol. The highest BCUT2D eigenvalue weighted by atomic mass is 32.2. The van der Waals surface area contributed by atoms with Gasteiger partial charge in [0.2, 0.25) is 0 Å². The highest BCUT2D eigenvalue weighted by molar-refractivity contribution is 7.92. The predicted molar refractivity (Wildman–Crippen MR) is 71.1 cm³/mol. The van der Waals surface area contributed by atoms with E-state index < -0.39 is 27.3 Å². The lowest BCUT2D eigenvalue weighted by atomic mass is 10.3. The molecule has 0 fully saturated rings. The molecular weight excluding hydrogens is 304 g/mol. The van der Waals surface area contributed by atoms with E-state index in [9.17, 15) is 17.2 Å². The van der Waals surface area contributed by atoms with Crippen molar-refractivity contribution >= 4 is 15.7 Å². The van der Waals surface area contributed by atoms with Crippen LogP contribution in [0.2, 0.25) is 0 Å². The molecule has 1 aromatic carbocycles. The molecule has 2 aromatic rings. The number of aliphatic hydroxyl groups is 1. The quantitative estimate of drug-likeness (QED) is 0.842. The van der Waals surface area contributed by atoms with Crippen molar-refractivity contribution in [2.45, 2.75) is 17.9 Å². The van der Waals surface area contributed by atoms with E-state index in [1.54, 1.807) is 0 Å². The van der Waals surface area contributed by atoms with E-state index in [-0.39, 0.29) is 11.5 Å². The number of aliphatic hydroxyl groups excluding tert-OH is 1. The number of nitrogens with zero attached hydrogens (tertiary/aromatic N) is 2. The van der Waals surface area contributed by atoms with Crippen LogP contribution in [0.1, 0.15) is 6.42 Å². The molecule has 0 atom stereocenters. The highest BCUT2D eigenvalue weighted by Gasteiger charge is 2.18. The second-order valence-electron chi connectivity index (χ2n) is 4.25. The van der Waals surface area contributed by atoms with Crippen molar-refractivity contribution in [1.82, 2.24) is 9.78 Å². The maximum Gasteiger partial charge on any atom is 0.265 e. The van der Waals surface area contributed by atoms with Crippen molar-refractivity contribution in [3.63, 3.8) is 0 Å². The summed E-state index contributed by atoms with van der Waals surface area (Å²) in [5.74, 6) is -1.64. The van der Waals surface area contributed by atoms with Crippen LogP contribution in [0.25, 0.3) is 0 Å². The molecule has 0 aliphatic rings. The van der Waals surface area contributed by atoms with E-state index in [2.05, 4.69) is 5.10 Å². The van der Waals surface area contributed by atoms with Gasteiger partial charge < -0.3 is 5.11 Å². The molecule has 0 spiro atoms. The summed E-state index contributed by atoms with van der Waals surface area (Å²) in [6.07, 6.45) is 2.76. The Morgan fingerprint density at radius 2 is 2.10 bits per heavy atom. The molecule has 114 valence electrons. The summed E-state index contributed by atoms with van der Waals surface area (Å²) in [5.41, 5.74) is -0.474. The van der Waals surface area contributed by atoms with Gasteiger partial charge in [-0.05, 0) is 18.6 Å². The zero-order valence-electron chi connectivity index (χ0n) is 10.8. The number of nitrogens with one attached hydrogen (secondary N) is 1. The van der Waals surface area contributed by atoms with Crippen molar-refractivity contribution in [1.29, 1.82) is 0 Å². The zero-order chi connectivity index (χ0) is 15.5. The summed E-state index contributed by atoms with van der Waals surface area (Å²) < 4.78 is 53.9. The Balaban J connectivity index is 2.22. The van der Waals surface area contributed by atoms with E-state index >= 15 is 0 Å². The van der Waals surface area contributed by atoms with Crippen LogP contribution < -0.4 is 4.72 Å². The number of sulfonamides is 1. The third-order valence-corrected chi connectivity index (χ3v) is 3.96. The largest absolute Gasteiger partial charge is 0.396 e. The molecule has 21 heavy (non-hydrogen) atoms. The molecule has 0 amide bonds. The Morgan fingerprint density at radius 1 is 1.33 bits per heavy atom. The molecule has 0 saturated carbocycles. The van der Waals surface area contributed by atoms with E-state index in [0.29, 0.717) is 13.0 Å². The number of benzene rings is 1. The van der Waals surface area contributed by atoms with Gasteiger partial charge in [0.25, 0.3) is 10.0 Å². The Morgan fingerprint density at radius 3 is 2.81 bits per heavy atom. The molecule has 9 heteroatoms. The van der Waals surface area contributed by atoms with Crippen LogP contribution in [-0.4, -0.2) is 29.9 Å². The van der Waals surface area contributed by atoms with Crippen LogP contribution in [0.15, 0.2) is 35.5 Å². The Labute approximate surface area is 120 Å². The van der Waals surface area contributed by atoms with E-state index in [1.807, 2.05) is 4.72 Å². The Kier molecular flexibility index (Phi) is 4.53. The van der Waals surface area contributed by atoms with Crippen LogP contribution in [0.5, 0.6) is 0 Å². The number of anilines is 1. The molecule has 1 aromatic heterocycles. The summed E-state index contributed by atoms with van der Waals surface area (Å²) in [6, 6.07) is 2.47. The molecule has 2 N–H and O–H groups in total. The van der Waals surface area contributed by atoms with Crippen LogP contribution in [-0.2, 0) is 16.6 Å². The fourth-order valence-electron chi connectivity index (χ4n) is 1.62. The number of rotatable bonds is 6. The maximum absolute atomic E-state index is 13.4. The van der Waals surface area contributed by atoms with Gasteiger partial charge in [-0.1, -0.05) is 0 Å². The van der Waals surface area contributed by atoms with Crippen LogP contribution in [0.3, 0.4) is 0 Å². The minimum atomic E-state index is -4.06. The van der Waals surface area contributed by atoms with Gasteiger partial charge in [-0.3, -0.25) is 9.40 Å². The molecule has 0 saturated heterocycles. The number of halogens is 2. The molecule has 0 aliphatic heterocycles. The number of aromatic nitrogens is 2. The van der Waals surface area contributed by atoms with Crippen molar-refractivity contribution in [2.24, 2.45) is 0 Å². The van der Waals surface area contributed by atoms with Gasteiger partial charge in [0.15, 0.2) is 0 Å². The normalized spacial score (nSPS) is 11.6. The second kappa shape index (κ2) is 6.19. The first-order chi connectivity index (χ1) is 9.92. The third-order valence-electron chi connectivity index (χ3n) is 2.64. The highest BCUT2D eigenvalue weighted by Crippen LogP contribution is 2.19. The van der Waals surface area contributed by atoms with E-state index in [1.165, 1.54) is 10.9 Å². The SMILES string of the molecule is O=S(=O)(Nc1cc(F)ccc1F)c1cnn(CCCO)c1. The van der Waals surface area contributed by atoms with Crippen molar-refractivity contribution in [3.8, 4) is 0 Å². The summed E-state index contributed by atoms with van der Waals surface area (Å²) in [4.78, 5) is -0.177. The first-order valence-corrected chi connectivity index (χ1v) is 7.52. The number of hydrogen-bond acceptors (Lipinski definition) is 4. The van der Waals surface area contributed by atoms with Gasteiger partial charge in [0.05, 0.1) is 11.9 Å². The first-order valence-electron chi connectivity index (χ1n) is 6.03. The lowest BCUT2D eigenvalue weighted by molar-refractivity contribution is 0.277. The topological polar surface area (TPSA) is 84.2 Å². The smallest absolute Gasteiger partial charge is 0.265 e. The minimum Gasteiger partial charge on any atom is -0.396 e.